The van der Waals surface area contributed by atoms with Crippen LogP contribution in [0.3, 0.4) is 0 Å². The Kier molecular flexibility index (Phi) is 30.0. The number of benzene rings is 2. The van der Waals surface area contributed by atoms with Gasteiger partial charge in [-0.3, -0.25) is 9.59 Å². The maximum absolute atomic E-state index is 12.2. The number of rotatable bonds is 30. The Morgan fingerprint density at radius 3 is 1.12 bits per heavy atom. The van der Waals surface area contributed by atoms with Gasteiger partial charge in [-0.05, 0) is 85.3 Å². The fraction of sp³-hybridized carbons (Fsp3) is 0.636. The number of nitrogens with zero attached hydrogens (tertiary/aromatic N) is 4. The molecule has 2 amide bonds. The molecule has 2 N–H and O–H groups in total. The molecule has 2 rings (SSSR count). The molecule has 0 aliphatic rings. The molecular formula is C44H74Cl2N6O4. The first kappa shape index (κ1) is 52.8. The van der Waals surface area contributed by atoms with E-state index in [4.69, 9.17) is 9.47 Å². The van der Waals surface area contributed by atoms with Crippen LogP contribution in [0.4, 0.5) is 0 Å². The SMILES string of the molecule is CCCCCCCCCC[N+](C)(C)CCOc1ccc(C=NNC(=O)C(=O)NN=Cc2ccc(OCC[N+](C)(C)CCCCCCCCCC)cc2)cc1.[Cl-].[Cl-]. The lowest BCUT2D eigenvalue weighted by Crippen LogP contribution is -3.00. The van der Waals surface area contributed by atoms with Gasteiger partial charge in [0.1, 0.15) is 37.8 Å². The van der Waals surface area contributed by atoms with Crippen LogP contribution in [0, 0.1) is 0 Å². The average molecular weight is 822 g/mol. The topological polar surface area (TPSA) is 101 Å². The zero-order valence-electron chi connectivity index (χ0n) is 35.5. The summed E-state index contributed by atoms with van der Waals surface area (Å²) < 4.78 is 13.8. The van der Waals surface area contributed by atoms with Crippen LogP contribution < -0.4 is 45.1 Å². The first-order valence-electron chi connectivity index (χ1n) is 20.8. The van der Waals surface area contributed by atoms with Crippen LogP contribution in [-0.4, -0.2) is 101 Å². The number of carbonyl (C=O) groups is 2. The molecule has 2 aromatic rings. The van der Waals surface area contributed by atoms with E-state index in [2.05, 4.69) is 63.1 Å². The molecule has 0 atom stereocenters. The lowest BCUT2D eigenvalue weighted by molar-refractivity contribution is -0.890. The highest BCUT2D eigenvalue weighted by Crippen LogP contribution is 2.15. The van der Waals surface area contributed by atoms with E-state index in [-0.39, 0.29) is 24.8 Å². The van der Waals surface area contributed by atoms with Gasteiger partial charge in [0.25, 0.3) is 0 Å². The molecular weight excluding hydrogens is 747 g/mol. The van der Waals surface area contributed by atoms with Gasteiger partial charge in [-0.15, -0.1) is 0 Å². The van der Waals surface area contributed by atoms with E-state index in [1.54, 1.807) is 0 Å². The summed E-state index contributed by atoms with van der Waals surface area (Å²) in [5.41, 5.74) is 6.00. The van der Waals surface area contributed by atoms with Gasteiger partial charge < -0.3 is 43.3 Å². The highest BCUT2D eigenvalue weighted by molar-refractivity contribution is 6.35. The number of halogens is 2. The van der Waals surface area contributed by atoms with E-state index < -0.39 is 11.8 Å². The average Bonchev–Trinajstić information content (AvgIpc) is 3.15. The molecule has 0 aliphatic heterocycles. The zero-order valence-corrected chi connectivity index (χ0v) is 37.0. The normalized spacial score (nSPS) is 11.6. The van der Waals surface area contributed by atoms with Gasteiger partial charge >= 0.3 is 11.8 Å². The van der Waals surface area contributed by atoms with Gasteiger partial charge in [0.2, 0.25) is 0 Å². The van der Waals surface area contributed by atoms with Crippen molar-refractivity contribution >= 4 is 24.2 Å². The number of hydrogen-bond donors (Lipinski definition) is 2. The minimum atomic E-state index is -0.913. The third-order valence-electron chi connectivity index (χ3n) is 9.89. The fourth-order valence-corrected chi connectivity index (χ4v) is 6.12. The first-order chi connectivity index (χ1) is 26.0. The molecule has 0 aromatic heterocycles. The summed E-state index contributed by atoms with van der Waals surface area (Å²) in [5, 5.41) is 7.80. The molecule has 0 saturated heterocycles. The number of amides is 2. The van der Waals surface area contributed by atoms with Crippen LogP contribution in [0.25, 0.3) is 0 Å². The van der Waals surface area contributed by atoms with Crippen molar-refractivity contribution in [2.75, 3.05) is 67.6 Å². The molecule has 56 heavy (non-hydrogen) atoms. The summed E-state index contributed by atoms with van der Waals surface area (Å²) >= 11 is 0. The number of likely N-dealkylation sites (N-methyl/N-ethyl adjacent to an activating group) is 2. The zero-order chi connectivity index (χ0) is 39.3. The van der Waals surface area contributed by atoms with Crippen LogP contribution in [0.5, 0.6) is 11.5 Å². The summed E-state index contributed by atoms with van der Waals surface area (Å²) in [6, 6.07) is 14.9. The molecule has 0 fully saturated rings. The van der Waals surface area contributed by atoms with Crippen LogP contribution in [-0.2, 0) is 9.59 Å². The number of carbonyl (C=O) groups excluding carboxylic acids is 2. The summed E-state index contributed by atoms with van der Waals surface area (Å²) in [6.45, 7) is 10.0. The molecule has 0 bridgehead atoms. The van der Waals surface area contributed by atoms with Gasteiger partial charge in [0.05, 0.1) is 53.7 Å². The quantitative estimate of drug-likeness (QED) is 0.0417. The van der Waals surface area contributed by atoms with Gasteiger partial charge in [0.15, 0.2) is 0 Å². The second-order valence-electron chi connectivity index (χ2n) is 15.9. The van der Waals surface area contributed by atoms with E-state index in [0.717, 1.165) is 57.8 Å². The molecule has 2 aromatic carbocycles. The van der Waals surface area contributed by atoms with Crippen molar-refractivity contribution < 1.29 is 52.8 Å². The number of hydrogen-bond acceptors (Lipinski definition) is 6. The lowest BCUT2D eigenvalue weighted by Gasteiger charge is -2.29. The van der Waals surface area contributed by atoms with Crippen LogP contribution >= 0.6 is 0 Å². The second-order valence-corrected chi connectivity index (χ2v) is 15.9. The monoisotopic (exact) mass is 821 g/mol. The molecule has 0 heterocycles. The third kappa shape index (κ3) is 26.6. The Bertz CT molecular complexity index is 1250. The van der Waals surface area contributed by atoms with Crippen molar-refractivity contribution in [1.29, 1.82) is 0 Å². The van der Waals surface area contributed by atoms with Crippen molar-refractivity contribution in [3.8, 4) is 11.5 Å². The van der Waals surface area contributed by atoms with E-state index in [9.17, 15) is 9.59 Å². The Balaban J connectivity index is 0.0000151. The van der Waals surface area contributed by atoms with Gasteiger partial charge in [-0.1, -0.05) is 90.9 Å². The lowest BCUT2D eigenvalue weighted by atomic mass is 10.1. The van der Waals surface area contributed by atoms with Gasteiger partial charge in [-0.2, -0.15) is 10.2 Å². The standard InChI is InChI=1S/C44H72N6O4.2ClH/c1-7-9-11-13-15-17-19-21-31-49(3,4)33-35-53-41-27-23-39(24-28-41)37-45-47-43(51)44(52)48-46-38-40-25-29-42(30-26-40)54-36-34-50(5,6)32-22-20-18-16-14-12-10-8-2;;/h23-30,37-38H,7-22,31-36H2,1-6H3;2*1H. The van der Waals surface area contributed by atoms with Crippen molar-refractivity contribution in [2.24, 2.45) is 10.2 Å². The van der Waals surface area contributed by atoms with Crippen molar-refractivity contribution in [3.05, 3.63) is 59.7 Å². The molecule has 0 aliphatic carbocycles. The second kappa shape index (κ2) is 31.9. The summed E-state index contributed by atoms with van der Waals surface area (Å²) in [7, 11) is 9.05. The fourth-order valence-electron chi connectivity index (χ4n) is 6.12. The van der Waals surface area contributed by atoms with Crippen molar-refractivity contribution in [3.63, 3.8) is 0 Å². The largest absolute Gasteiger partial charge is 1.00 e. The van der Waals surface area contributed by atoms with Crippen LogP contribution in [0.15, 0.2) is 58.7 Å². The van der Waals surface area contributed by atoms with Crippen molar-refractivity contribution in [1.82, 2.24) is 10.9 Å². The Morgan fingerprint density at radius 1 is 0.500 bits per heavy atom. The predicted octanol–water partition coefficient (Wildman–Crippen LogP) is 2.49. The van der Waals surface area contributed by atoms with Crippen molar-refractivity contribution in [2.45, 2.75) is 117 Å². The Hall–Kier alpha value is -3.18. The summed E-state index contributed by atoms with van der Waals surface area (Å²) in [6.07, 6.45) is 24.3. The van der Waals surface area contributed by atoms with E-state index in [0.29, 0.717) is 13.2 Å². The Morgan fingerprint density at radius 2 is 0.804 bits per heavy atom. The highest BCUT2D eigenvalue weighted by Gasteiger charge is 2.16. The number of unbranched alkanes of at least 4 members (excludes halogenated alkanes) is 14. The summed E-state index contributed by atoms with van der Waals surface area (Å²) in [5.74, 6) is -0.261. The predicted molar refractivity (Wildman–Crippen MR) is 224 cm³/mol. The molecule has 0 radical (unpaired) electrons. The molecule has 0 unspecified atom stereocenters. The van der Waals surface area contributed by atoms with E-state index >= 15 is 0 Å². The number of hydrazone groups is 2. The Labute approximate surface area is 352 Å². The van der Waals surface area contributed by atoms with Crippen LogP contribution in [0.2, 0.25) is 0 Å². The third-order valence-corrected chi connectivity index (χ3v) is 9.89. The van der Waals surface area contributed by atoms with Gasteiger partial charge in [-0.25, -0.2) is 10.9 Å². The maximum atomic E-state index is 12.2. The number of nitrogens with one attached hydrogen (secondary N) is 2. The minimum absolute atomic E-state index is 0. The number of ether oxygens (including phenoxy) is 2. The first-order valence-corrected chi connectivity index (χ1v) is 20.8. The molecule has 10 nitrogen and oxygen atoms in total. The van der Waals surface area contributed by atoms with Gasteiger partial charge in [0, 0.05) is 0 Å². The number of quaternary nitrogens is 2. The molecule has 0 saturated carbocycles. The minimum Gasteiger partial charge on any atom is -1.00 e. The maximum Gasteiger partial charge on any atom is 0.331 e. The molecule has 0 spiro atoms. The highest BCUT2D eigenvalue weighted by atomic mass is 35.5. The van der Waals surface area contributed by atoms with E-state index in [1.807, 2.05) is 48.5 Å². The summed E-state index contributed by atoms with van der Waals surface area (Å²) in [4.78, 5) is 24.3. The smallest absolute Gasteiger partial charge is 0.331 e. The van der Waals surface area contributed by atoms with E-state index in [1.165, 1.54) is 115 Å². The molecule has 318 valence electrons. The van der Waals surface area contributed by atoms with Crippen LogP contribution in [0.1, 0.15) is 128 Å². The molecule has 12 heteroatoms.